The third-order valence-corrected chi connectivity index (χ3v) is 1.95. The van der Waals surface area contributed by atoms with Crippen molar-refractivity contribution in [3.63, 3.8) is 0 Å². The third kappa shape index (κ3) is 1.83. The van der Waals surface area contributed by atoms with Gasteiger partial charge in [0.15, 0.2) is 0 Å². The molecule has 1 radical (unpaired) electrons. The lowest BCUT2D eigenvalue weighted by molar-refractivity contribution is 0.850. The van der Waals surface area contributed by atoms with Gasteiger partial charge in [0.25, 0.3) is 0 Å². The first-order chi connectivity index (χ1) is 5.25. The number of benzene rings is 1. The molecule has 0 nitrogen and oxygen atoms in total. The van der Waals surface area contributed by atoms with Crippen molar-refractivity contribution in [2.24, 2.45) is 0 Å². The fourth-order valence-electron chi connectivity index (χ4n) is 1.33. The lowest BCUT2D eigenvalue weighted by Gasteiger charge is -2.09. The van der Waals surface area contributed by atoms with E-state index in [1.54, 1.807) is 0 Å². The van der Waals surface area contributed by atoms with E-state index in [9.17, 15) is 0 Å². The summed E-state index contributed by atoms with van der Waals surface area (Å²) in [6.45, 7) is 8.33. The van der Waals surface area contributed by atoms with Gasteiger partial charge in [-0.05, 0) is 30.4 Å². The third-order valence-electron chi connectivity index (χ3n) is 1.95. The molecule has 0 fully saturated rings. The van der Waals surface area contributed by atoms with Crippen LogP contribution in [0, 0.1) is 6.92 Å². The van der Waals surface area contributed by atoms with E-state index in [2.05, 4.69) is 45.0 Å². The Bertz CT molecular complexity index is 223. The van der Waals surface area contributed by atoms with E-state index in [0.717, 1.165) is 6.42 Å². The number of hydrogen-bond acceptors (Lipinski definition) is 0. The molecule has 0 unspecified atom stereocenters. The van der Waals surface area contributed by atoms with E-state index in [4.69, 9.17) is 0 Å². The summed E-state index contributed by atoms with van der Waals surface area (Å²) in [6.07, 6.45) is 0.897. The van der Waals surface area contributed by atoms with Gasteiger partial charge in [-0.25, -0.2) is 0 Å². The Labute approximate surface area is 69.3 Å². The molecule has 0 saturated heterocycles. The number of hydrogen-bond donors (Lipinski definition) is 0. The van der Waals surface area contributed by atoms with Crippen molar-refractivity contribution < 1.29 is 0 Å². The van der Waals surface area contributed by atoms with Crippen molar-refractivity contribution in [1.82, 2.24) is 0 Å². The summed E-state index contributed by atoms with van der Waals surface area (Å²) < 4.78 is 0. The van der Waals surface area contributed by atoms with E-state index < -0.39 is 0 Å². The first kappa shape index (κ1) is 8.32. The fourth-order valence-corrected chi connectivity index (χ4v) is 1.33. The maximum absolute atomic E-state index is 3.90. The average Bonchev–Trinajstić information content (AvgIpc) is 2.04. The summed E-state index contributed by atoms with van der Waals surface area (Å²) in [6, 6.07) is 8.51. The van der Waals surface area contributed by atoms with Gasteiger partial charge in [-0.1, -0.05) is 38.1 Å². The normalized spacial score (nSPS) is 10.5. The van der Waals surface area contributed by atoms with E-state index in [0.29, 0.717) is 5.92 Å². The SMILES string of the molecule is [CH2]Cc1ccccc1C(C)C. The Morgan fingerprint density at radius 1 is 1.27 bits per heavy atom. The topological polar surface area (TPSA) is 0 Å². The van der Waals surface area contributed by atoms with Gasteiger partial charge >= 0.3 is 0 Å². The van der Waals surface area contributed by atoms with E-state index in [1.165, 1.54) is 11.1 Å². The summed E-state index contributed by atoms with van der Waals surface area (Å²) in [5.41, 5.74) is 2.81. The summed E-state index contributed by atoms with van der Waals surface area (Å²) in [5.74, 6) is 0.618. The summed E-state index contributed by atoms with van der Waals surface area (Å²) in [7, 11) is 0. The molecule has 1 aromatic rings. The predicted octanol–water partition coefficient (Wildman–Crippen LogP) is 3.19. The second-order valence-electron chi connectivity index (χ2n) is 3.10. The van der Waals surface area contributed by atoms with Crippen molar-refractivity contribution in [3.05, 3.63) is 42.3 Å². The molecule has 1 rings (SSSR count). The van der Waals surface area contributed by atoms with Crippen molar-refractivity contribution in [1.29, 1.82) is 0 Å². The Kier molecular flexibility index (Phi) is 2.70. The lowest BCUT2D eigenvalue weighted by Crippen LogP contribution is -1.93. The van der Waals surface area contributed by atoms with Crippen molar-refractivity contribution in [3.8, 4) is 0 Å². The molecule has 1 aromatic carbocycles. The minimum atomic E-state index is 0.618. The maximum Gasteiger partial charge on any atom is -0.0216 e. The van der Waals surface area contributed by atoms with Crippen LogP contribution in [-0.4, -0.2) is 0 Å². The Morgan fingerprint density at radius 3 is 2.36 bits per heavy atom. The molecule has 0 amide bonds. The molecule has 0 heteroatoms. The summed E-state index contributed by atoms with van der Waals surface area (Å²) in [5, 5.41) is 0. The molecule has 0 atom stereocenters. The zero-order chi connectivity index (χ0) is 8.27. The largest absolute Gasteiger partial charge is 0.0620 e. The monoisotopic (exact) mass is 147 g/mol. The van der Waals surface area contributed by atoms with Gasteiger partial charge in [0, 0.05) is 0 Å². The first-order valence-electron chi connectivity index (χ1n) is 4.12. The Hall–Kier alpha value is -0.780. The van der Waals surface area contributed by atoms with Gasteiger partial charge in [0.1, 0.15) is 0 Å². The van der Waals surface area contributed by atoms with Crippen LogP contribution in [0.1, 0.15) is 30.9 Å². The molecule has 11 heavy (non-hydrogen) atoms. The number of rotatable bonds is 2. The highest BCUT2D eigenvalue weighted by Crippen LogP contribution is 2.18. The van der Waals surface area contributed by atoms with Gasteiger partial charge in [-0.2, -0.15) is 0 Å². The van der Waals surface area contributed by atoms with Crippen LogP contribution >= 0.6 is 0 Å². The molecule has 0 aliphatic rings. The predicted molar refractivity (Wildman–Crippen MR) is 49.6 cm³/mol. The van der Waals surface area contributed by atoms with Crippen molar-refractivity contribution in [2.45, 2.75) is 26.2 Å². The Morgan fingerprint density at radius 2 is 1.91 bits per heavy atom. The highest BCUT2D eigenvalue weighted by atomic mass is 14.1. The van der Waals surface area contributed by atoms with Gasteiger partial charge in [0.05, 0.1) is 0 Å². The molecule has 0 bridgehead atoms. The zero-order valence-corrected chi connectivity index (χ0v) is 7.30. The quantitative estimate of drug-likeness (QED) is 0.602. The van der Waals surface area contributed by atoms with E-state index in [1.807, 2.05) is 0 Å². The standard InChI is InChI=1S/C11H15/c1-4-10-7-5-6-8-11(10)9(2)3/h5-9H,1,4H2,2-3H3. The van der Waals surface area contributed by atoms with E-state index >= 15 is 0 Å². The van der Waals surface area contributed by atoms with Crippen LogP contribution in [0.3, 0.4) is 0 Å². The molecule has 0 spiro atoms. The van der Waals surface area contributed by atoms with E-state index in [-0.39, 0.29) is 0 Å². The second kappa shape index (κ2) is 3.56. The van der Waals surface area contributed by atoms with Gasteiger partial charge < -0.3 is 0 Å². The van der Waals surface area contributed by atoms with Crippen molar-refractivity contribution >= 4 is 0 Å². The highest BCUT2D eigenvalue weighted by Gasteiger charge is 2.02. The summed E-state index contributed by atoms with van der Waals surface area (Å²) in [4.78, 5) is 0. The fraction of sp³-hybridized carbons (Fsp3) is 0.364. The molecular weight excluding hydrogens is 132 g/mol. The van der Waals surface area contributed by atoms with Crippen LogP contribution in [0.4, 0.5) is 0 Å². The Balaban J connectivity index is 3.02. The molecule has 0 aromatic heterocycles. The van der Waals surface area contributed by atoms with Gasteiger partial charge in [0.2, 0.25) is 0 Å². The van der Waals surface area contributed by atoms with Crippen LogP contribution < -0.4 is 0 Å². The zero-order valence-electron chi connectivity index (χ0n) is 7.30. The first-order valence-corrected chi connectivity index (χ1v) is 4.12. The maximum atomic E-state index is 3.90. The van der Waals surface area contributed by atoms with Crippen LogP contribution in [-0.2, 0) is 6.42 Å². The van der Waals surface area contributed by atoms with Crippen molar-refractivity contribution in [2.75, 3.05) is 0 Å². The molecule has 0 heterocycles. The van der Waals surface area contributed by atoms with Gasteiger partial charge in [-0.3, -0.25) is 0 Å². The van der Waals surface area contributed by atoms with Crippen LogP contribution in [0.2, 0.25) is 0 Å². The molecule has 0 aliphatic carbocycles. The molecular formula is C11H15. The summed E-state index contributed by atoms with van der Waals surface area (Å²) >= 11 is 0. The molecule has 59 valence electrons. The van der Waals surface area contributed by atoms with Crippen LogP contribution in [0.15, 0.2) is 24.3 Å². The second-order valence-corrected chi connectivity index (χ2v) is 3.10. The lowest BCUT2D eigenvalue weighted by atomic mass is 9.96. The highest BCUT2D eigenvalue weighted by molar-refractivity contribution is 5.29. The minimum Gasteiger partial charge on any atom is -0.0620 e. The smallest absolute Gasteiger partial charge is 0.0216 e. The van der Waals surface area contributed by atoms with Crippen LogP contribution in [0.5, 0.6) is 0 Å². The molecule has 0 aliphatic heterocycles. The average molecular weight is 147 g/mol. The molecule has 0 saturated carbocycles. The van der Waals surface area contributed by atoms with Crippen LogP contribution in [0.25, 0.3) is 0 Å². The molecule has 0 N–H and O–H groups in total. The van der Waals surface area contributed by atoms with Gasteiger partial charge in [-0.15, -0.1) is 0 Å². The minimum absolute atomic E-state index is 0.618.